The number of hydrogen-bond acceptors (Lipinski definition) is 5. The first-order valence-electron chi connectivity index (χ1n) is 10.9. The average molecular weight is 421 g/mol. The van der Waals surface area contributed by atoms with Crippen LogP contribution in [0.3, 0.4) is 0 Å². The highest BCUT2D eigenvalue weighted by atomic mass is 16.5. The molecule has 1 aromatic carbocycles. The van der Waals surface area contributed by atoms with Gasteiger partial charge < -0.3 is 14.5 Å². The number of carbonyl (C=O) groups is 1. The average Bonchev–Trinajstić information content (AvgIpc) is 3.52. The second-order valence-electron chi connectivity index (χ2n) is 9.87. The van der Waals surface area contributed by atoms with Gasteiger partial charge in [-0.3, -0.25) is 10.2 Å². The van der Waals surface area contributed by atoms with Gasteiger partial charge in [0.2, 0.25) is 0 Å². The van der Waals surface area contributed by atoms with E-state index in [1.54, 1.807) is 7.11 Å². The molecule has 4 rings (SSSR count). The van der Waals surface area contributed by atoms with E-state index in [0.717, 1.165) is 34.0 Å². The molecule has 1 fully saturated rings. The summed E-state index contributed by atoms with van der Waals surface area (Å²) in [6, 6.07) is 8.00. The predicted octanol–water partition coefficient (Wildman–Crippen LogP) is 4.35. The van der Waals surface area contributed by atoms with E-state index >= 15 is 0 Å². The molecule has 1 N–H and O–H groups in total. The highest BCUT2D eigenvalue weighted by Gasteiger charge is 2.32. The fourth-order valence-corrected chi connectivity index (χ4v) is 4.15. The Kier molecular flexibility index (Phi) is 5.28. The molecule has 164 valence electrons. The minimum Gasteiger partial charge on any atom is -0.494 e. The maximum absolute atomic E-state index is 13.3. The summed E-state index contributed by atoms with van der Waals surface area (Å²) in [7, 11) is 5.58. The Morgan fingerprint density at radius 1 is 1.26 bits per heavy atom. The highest BCUT2D eigenvalue weighted by molar-refractivity contribution is 6.05. The molecule has 0 saturated heterocycles. The SMILES string of the molecule is COc1c(N(C)C)cc(C(=O)CN2Cc3ccc(C4CC4)nc3C2=N)cc1C(C)(C)C. The lowest BCUT2D eigenvalue weighted by Gasteiger charge is -2.27. The minimum absolute atomic E-state index is 0.00349. The fraction of sp³-hybridized carbons (Fsp3) is 0.480. The van der Waals surface area contributed by atoms with E-state index in [-0.39, 0.29) is 17.7 Å². The molecule has 0 bridgehead atoms. The van der Waals surface area contributed by atoms with Crippen LogP contribution in [0, 0.1) is 5.41 Å². The zero-order valence-electron chi connectivity index (χ0n) is 19.4. The number of hydrogen-bond donors (Lipinski definition) is 1. The van der Waals surface area contributed by atoms with Gasteiger partial charge in [0.15, 0.2) is 5.78 Å². The van der Waals surface area contributed by atoms with Crippen LogP contribution in [0.15, 0.2) is 24.3 Å². The topological polar surface area (TPSA) is 69.5 Å². The molecule has 1 aromatic heterocycles. The maximum Gasteiger partial charge on any atom is 0.182 e. The number of methoxy groups -OCH3 is 1. The van der Waals surface area contributed by atoms with Gasteiger partial charge >= 0.3 is 0 Å². The number of fused-ring (bicyclic) bond motifs is 1. The van der Waals surface area contributed by atoms with Crippen molar-refractivity contribution in [3.63, 3.8) is 0 Å². The molecule has 0 amide bonds. The molecule has 6 nitrogen and oxygen atoms in total. The summed E-state index contributed by atoms with van der Waals surface area (Å²) in [5, 5.41) is 8.60. The fourth-order valence-electron chi connectivity index (χ4n) is 4.15. The number of benzene rings is 1. The molecule has 0 spiro atoms. The molecule has 2 aromatic rings. The monoisotopic (exact) mass is 420 g/mol. The van der Waals surface area contributed by atoms with E-state index in [9.17, 15) is 4.79 Å². The molecule has 2 heterocycles. The number of rotatable bonds is 6. The van der Waals surface area contributed by atoms with Crippen molar-refractivity contribution in [1.29, 1.82) is 5.41 Å². The molecular formula is C25H32N4O2. The smallest absolute Gasteiger partial charge is 0.182 e. The van der Waals surface area contributed by atoms with E-state index in [2.05, 4.69) is 32.9 Å². The number of nitrogens with zero attached hydrogens (tertiary/aromatic N) is 3. The quantitative estimate of drug-likeness (QED) is 0.704. The number of ether oxygens (including phenoxy) is 1. The lowest BCUT2D eigenvalue weighted by Crippen LogP contribution is -2.31. The van der Waals surface area contributed by atoms with Gasteiger partial charge in [-0.1, -0.05) is 26.8 Å². The van der Waals surface area contributed by atoms with Crippen LogP contribution in [0.1, 0.15) is 72.4 Å². The zero-order chi connectivity index (χ0) is 22.5. The number of carbonyl (C=O) groups excluding carboxylic acids is 1. The summed E-state index contributed by atoms with van der Waals surface area (Å²) in [5.41, 5.74) is 5.19. The molecule has 0 unspecified atom stereocenters. The van der Waals surface area contributed by atoms with Crippen molar-refractivity contribution in [2.24, 2.45) is 0 Å². The van der Waals surface area contributed by atoms with Crippen LogP contribution in [0.2, 0.25) is 0 Å². The van der Waals surface area contributed by atoms with Gasteiger partial charge in [-0.05, 0) is 36.5 Å². The van der Waals surface area contributed by atoms with Gasteiger partial charge in [-0.15, -0.1) is 0 Å². The molecule has 0 atom stereocenters. The number of aromatic nitrogens is 1. The number of pyridine rings is 1. The molecule has 1 saturated carbocycles. The first-order valence-corrected chi connectivity index (χ1v) is 10.9. The van der Waals surface area contributed by atoms with Gasteiger partial charge in [0.05, 0.1) is 19.3 Å². The number of Topliss-reactive ketones (excluding diaryl/α,β-unsaturated/α-hetero) is 1. The van der Waals surface area contributed by atoms with Crippen molar-refractivity contribution in [2.75, 3.05) is 32.6 Å². The summed E-state index contributed by atoms with van der Waals surface area (Å²) in [5.74, 6) is 1.69. The van der Waals surface area contributed by atoms with Gasteiger partial charge in [0.1, 0.15) is 17.3 Å². The van der Waals surface area contributed by atoms with Crippen molar-refractivity contribution in [1.82, 2.24) is 9.88 Å². The van der Waals surface area contributed by atoms with Crippen molar-refractivity contribution >= 4 is 17.3 Å². The number of ketones is 1. The van der Waals surface area contributed by atoms with Crippen molar-refractivity contribution in [2.45, 2.75) is 51.5 Å². The lowest BCUT2D eigenvalue weighted by atomic mass is 9.84. The standard InChI is InChI=1S/C25H32N4O2/c1-25(2,3)18-11-17(12-20(28(4)5)23(18)31-6)21(30)14-29-13-16-9-10-19(15-7-8-15)27-22(16)24(29)26/h9-12,15,26H,7-8,13-14H2,1-6H3. The van der Waals surface area contributed by atoms with Gasteiger partial charge in [0, 0.05) is 48.9 Å². The maximum atomic E-state index is 13.3. The molecule has 31 heavy (non-hydrogen) atoms. The second-order valence-corrected chi connectivity index (χ2v) is 9.87. The number of amidine groups is 1. The number of anilines is 1. The van der Waals surface area contributed by atoms with E-state index in [1.165, 1.54) is 12.8 Å². The van der Waals surface area contributed by atoms with E-state index in [4.69, 9.17) is 15.1 Å². The van der Waals surface area contributed by atoms with Crippen molar-refractivity contribution in [3.8, 4) is 5.75 Å². The largest absolute Gasteiger partial charge is 0.494 e. The Morgan fingerprint density at radius 3 is 2.55 bits per heavy atom. The van der Waals surface area contributed by atoms with Crippen LogP contribution in [0.25, 0.3) is 0 Å². The van der Waals surface area contributed by atoms with Crippen LogP contribution in [-0.4, -0.2) is 49.3 Å². The third kappa shape index (κ3) is 4.03. The Labute approximate surface area is 184 Å². The lowest BCUT2D eigenvalue weighted by molar-refractivity contribution is 0.0962. The van der Waals surface area contributed by atoms with E-state index in [1.807, 2.05) is 36.0 Å². The van der Waals surface area contributed by atoms with Crippen LogP contribution in [-0.2, 0) is 12.0 Å². The first-order chi connectivity index (χ1) is 14.6. The Balaban J connectivity index is 1.61. The van der Waals surface area contributed by atoms with Gasteiger partial charge in [-0.2, -0.15) is 0 Å². The van der Waals surface area contributed by atoms with Gasteiger partial charge in [-0.25, -0.2) is 4.98 Å². The summed E-state index contributed by atoms with van der Waals surface area (Å²) >= 11 is 0. The van der Waals surface area contributed by atoms with Crippen LogP contribution in [0.5, 0.6) is 5.75 Å². The first kappa shape index (κ1) is 21.3. The number of nitrogens with one attached hydrogen (secondary N) is 1. The van der Waals surface area contributed by atoms with Gasteiger partial charge in [0.25, 0.3) is 0 Å². The summed E-state index contributed by atoms with van der Waals surface area (Å²) in [6.07, 6.45) is 2.37. The van der Waals surface area contributed by atoms with Crippen molar-refractivity contribution < 1.29 is 9.53 Å². The second kappa shape index (κ2) is 7.66. The Morgan fingerprint density at radius 2 is 1.97 bits per heavy atom. The Bertz CT molecular complexity index is 1050. The third-order valence-corrected chi connectivity index (χ3v) is 6.12. The minimum atomic E-state index is -0.174. The molecule has 1 aliphatic heterocycles. The van der Waals surface area contributed by atoms with Crippen molar-refractivity contribution in [3.05, 3.63) is 52.3 Å². The molecule has 6 heteroatoms. The molecular weight excluding hydrogens is 388 g/mol. The Hall–Kier alpha value is -2.89. The normalized spacial score (nSPS) is 15.8. The highest BCUT2D eigenvalue weighted by Crippen LogP contribution is 2.41. The third-order valence-electron chi connectivity index (χ3n) is 6.12. The molecule has 1 aliphatic carbocycles. The van der Waals surface area contributed by atoms with E-state index < -0.39 is 0 Å². The predicted molar refractivity (Wildman–Crippen MR) is 124 cm³/mol. The van der Waals surface area contributed by atoms with Crippen LogP contribution < -0.4 is 9.64 Å². The van der Waals surface area contributed by atoms with Crippen LogP contribution in [0.4, 0.5) is 5.69 Å². The zero-order valence-corrected chi connectivity index (χ0v) is 19.4. The summed E-state index contributed by atoms with van der Waals surface area (Å²) < 4.78 is 5.72. The van der Waals surface area contributed by atoms with Crippen LogP contribution >= 0.6 is 0 Å². The molecule has 0 radical (unpaired) electrons. The summed E-state index contributed by atoms with van der Waals surface area (Å²) in [6.45, 7) is 7.08. The summed E-state index contributed by atoms with van der Waals surface area (Å²) in [4.78, 5) is 21.9. The molecule has 2 aliphatic rings. The van der Waals surface area contributed by atoms with E-state index in [0.29, 0.717) is 23.9 Å².